The Morgan fingerprint density at radius 1 is 1.62 bits per heavy atom. The van der Waals surface area contributed by atoms with Gasteiger partial charge in [-0.25, -0.2) is 0 Å². The molecule has 0 atom stereocenters. The Balaban J connectivity index is 3.89. The molecule has 0 heterocycles. The third-order valence-electron chi connectivity index (χ3n) is 0.431. The van der Waals surface area contributed by atoms with E-state index >= 15 is 0 Å². The molecule has 0 bridgehead atoms. The molecular weight excluding hydrogens is 128 g/mol. The predicted molar refractivity (Wildman–Crippen MR) is 29.9 cm³/mol. The van der Waals surface area contributed by atoms with Gasteiger partial charge in [-0.15, -0.1) is 5.92 Å². The van der Waals surface area contributed by atoms with Gasteiger partial charge >= 0.3 is 0 Å². The molecule has 0 aliphatic carbocycles. The summed E-state index contributed by atoms with van der Waals surface area (Å²) in [5.74, 6) is 4.07. The zero-order chi connectivity index (χ0) is 6.62. The van der Waals surface area contributed by atoms with Crippen LogP contribution < -0.4 is 0 Å². The van der Waals surface area contributed by atoms with Crippen molar-refractivity contribution in [1.82, 2.24) is 0 Å². The lowest BCUT2D eigenvalue weighted by Crippen LogP contribution is -2.00. The fourth-order valence-corrected chi connectivity index (χ4v) is 0.490. The lowest BCUT2D eigenvalue weighted by atomic mass is 10.7. The lowest BCUT2D eigenvalue weighted by molar-refractivity contribution is 0.487. The van der Waals surface area contributed by atoms with Crippen LogP contribution in [0, 0.1) is 11.8 Å². The summed E-state index contributed by atoms with van der Waals surface area (Å²) in [6.07, 6.45) is 0. The number of hydrogen-bond donors (Lipinski definition) is 1. The highest BCUT2D eigenvalue weighted by Gasteiger charge is 1.97. The summed E-state index contributed by atoms with van der Waals surface area (Å²) in [6.45, 7) is 1.51. The third kappa shape index (κ3) is 5.47. The van der Waals surface area contributed by atoms with E-state index < -0.39 is 15.9 Å². The Morgan fingerprint density at radius 2 is 2.12 bits per heavy atom. The van der Waals surface area contributed by atoms with Gasteiger partial charge in [0.25, 0.3) is 10.1 Å². The highest BCUT2D eigenvalue weighted by molar-refractivity contribution is 7.86. The minimum atomic E-state index is -3.86. The van der Waals surface area contributed by atoms with Crippen LogP contribution in [0.25, 0.3) is 0 Å². The second-order valence-corrected chi connectivity index (χ2v) is 2.61. The van der Waals surface area contributed by atoms with E-state index in [0.717, 1.165) is 0 Å². The first kappa shape index (κ1) is 7.47. The molecule has 0 unspecified atom stereocenters. The standard InChI is InChI=1S/C4H6O3S/c1-2-3-4-8(5,6)7/h4H2,1H3,(H,5,6,7). The van der Waals surface area contributed by atoms with E-state index in [1.807, 2.05) is 0 Å². The Labute approximate surface area is 48.5 Å². The normalized spacial score (nSPS) is 9.75. The Kier molecular flexibility index (Phi) is 2.52. The van der Waals surface area contributed by atoms with Crippen LogP contribution in [0.1, 0.15) is 6.92 Å². The first-order valence-electron chi connectivity index (χ1n) is 1.91. The molecule has 0 aliphatic heterocycles. The maximum Gasteiger partial charge on any atom is 0.276 e. The van der Waals surface area contributed by atoms with Crippen molar-refractivity contribution in [2.45, 2.75) is 6.92 Å². The molecule has 0 spiro atoms. The maximum atomic E-state index is 9.84. The zero-order valence-electron chi connectivity index (χ0n) is 4.38. The molecule has 0 aromatic heterocycles. The van der Waals surface area contributed by atoms with Crippen molar-refractivity contribution in [1.29, 1.82) is 0 Å². The molecule has 0 fully saturated rings. The van der Waals surface area contributed by atoms with Crippen LogP contribution in [-0.2, 0) is 10.1 Å². The molecule has 4 heteroatoms. The fraction of sp³-hybridized carbons (Fsp3) is 0.500. The SMILES string of the molecule is CC#CCS(=O)(=O)O. The van der Waals surface area contributed by atoms with Gasteiger partial charge in [-0.05, 0) is 6.92 Å². The summed E-state index contributed by atoms with van der Waals surface area (Å²) in [6, 6.07) is 0. The summed E-state index contributed by atoms with van der Waals surface area (Å²) < 4.78 is 27.7. The van der Waals surface area contributed by atoms with E-state index in [9.17, 15) is 8.42 Å². The van der Waals surface area contributed by atoms with Crippen LogP contribution >= 0.6 is 0 Å². The molecule has 0 radical (unpaired) electrons. The predicted octanol–water partition coefficient (Wildman–Crippen LogP) is -0.102. The first-order chi connectivity index (χ1) is 3.56. The molecule has 1 N–H and O–H groups in total. The van der Waals surface area contributed by atoms with Gasteiger partial charge < -0.3 is 0 Å². The Bertz CT molecular complexity index is 203. The average molecular weight is 134 g/mol. The van der Waals surface area contributed by atoms with Crippen LogP contribution in [0.15, 0.2) is 0 Å². The molecular formula is C4H6O3S. The topological polar surface area (TPSA) is 54.4 Å². The van der Waals surface area contributed by atoms with Gasteiger partial charge in [-0.3, -0.25) is 4.55 Å². The highest BCUT2D eigenvalue weighted by Crippen LogP contribution is 1.76. The van der Waals surface area contributed by atoms with Crippen LogP contribution in [0.2, 0.25) is 0 Å². The molecule has 0 saturated heterocycles. The van der Waals surface area contributed by atoms with Gasteiger partial charge in [-0.2, -0.15) is 8.42 Å². The van der Waals surface area contributed by atoms with Crippen molar-refractivity contribution in [2.75, 3.05) is 5.75 Å². The van der Waals surface area contributed by atoms with E-state index in [1.54, 1.807) is 0 Å². The van der Waals surface area contributed by atoms with Crippen LogP contribution in [0.3, 0.4) is 0 Å². The second kappa shape index (κ2) is 2.70. The van der Waals surface area contributed by atoms with E-state index in [0.29, 0.717) is 0 Å². The van der Waals surface area contributed by atoms with Gasteiger partial charge in [0.2, 0.25) is 0 Å². The van der Waals surface area contributed by atoms with Gasteiger partial charge in [0.05, 0.1) is 0 Å². The zero-order valence-corrected chi connectivity index (χ0v) is 5.20. The van der Waals surface area contributed by atoms with E-state index in [-0.39, 0.29) is 0 Å². The van der Waals surface area contributed by atoms with Crippen LogP contribution in [0.5, 0.6) is 0 Å². The second-order valence-electron chi connectivity index (χ2n) is 1.15. The van der Waals surface area contributed by atoms with E-state index in [1.165, 1.54) is 6.92 Å². The lowest BCUT2D eigenvalue weighted by Gasteiger charge is -1.81. The Hall–Kier alpha value is -0.530. The number of rotatable bonds is 1. The summed E-state index contributed by atoms with van der Waals surface area (Å²) in [5, 5.41) is 0. The summed E-state index contributed by atoms with van der Waals surface area (Å²) in [5.41, 5.74) is 0. The number of hydrogen-bond acceptors (Lipinski definition) is 2. The molecule has 0 aliphatic rings. The van der Waals surface area contributed by atoms with Crippen molar-refractivity contribution < 1.29 is 13.0 Å². The molecule has 3 nitrogen and oxygen atoms in total. The summed E-state index contributed by atoms with van der Waals surface area (Å²) >= 11 is 0. The Morgan fingerprint density at radius 3 is 2.25 bits per heavy atom. The van der Waals surface area contributed by atoms with Crippen molar-refractivity contribution in [3.63, 3.8) is 0 Å². The van der Waals surface area contributed by atoms with Crippen molar-refractivity contribution >= 4 is 10.1 Å². The van der Waals surface area contributed by atoms with E-state index in [2.05, 4.69) is 11.8 Å². The maximum absolute atomic E-state index is 9.84. The molecule has 0 aromatic rings. The van der Waals surface area contributed by atoms with Crippen molar-refractivity contribution in [3.05, 3.63) is 0 Å². The average Bonchev–Trinajstić information content (AvgIpc) is 1.59. The van der Waals surface area contributed by atoms with Gasteiger partial charge in [-0.1, -0.05) is 5.92 Å². The molecule has 0 saturated carbocycles. The smallest absolute Gasteiger partial charge is 0.276 e. The summed E-state index contributed by atoms with van der Waals surface area (Å²) in [7, 11) is -3.86. The fourth-order valence-electron chi connectivity index (χ4n) is 0.163. The molecule has 0 aromatic carbocycles. The van der Waals surface area contributed by atoms with Gasteiger partial charge in [0, 0.05) is 0 Å². The highest BCUT2D eigenvalue weighted by atomic mass is 32.2. The minimum Gasteiger partial charge on any atom is -0.285 e. The first-order valence-corrected chi connectivity index (χ1v) is 3.52. The molecule has 8 heavy (non-hydrogen) atoms. The van der Waals surface area contributed by atoms with Crippen LogP contribution in [-0.4, -0.2) is 18.7 Å². The minimum absolute atomic E-state index is 0.469. The van der Waals surface area contributed by atoms with E-state index in [4.69, 9.17) is 4.55 Å². The van der Waals surface area contributed by atoms with Gasteiger partial charge in [0.1, 0.15) is 5.75 Å². The molecule has 0 rings (SSSR count). The van der Waals surface area contributed by atoms with Gasteiger partial charge in [0.15, 0.2) is 0 Å². The molecule has 0 amide bonds. The quantitative estimate of drug-likeness (QED) is 0.402. The monoisotopic (exact) mass is 134 g/mol. The van der Waals surface area contributed by atoms with Crippen molar-refractivity contribution in [2.24, 2.45) is 0 Å². The summed E-state index contributed by atoms with van der Waals surface area (Å²) in [4.78, 5) is 0. The van der Waals surface area contributed by atoms with Crippen molar-refractivity contribution in [3.8, 4) is 11.8 Å². The molecule has 46 valence electrons. The third-order valence-corrected chi connectivity index (χ3v) is 0.940. The largest absolute Gasteiger partial charge is 0.285 e. The van der Waals surface area contributed by atoms with Crippen LogP contribution in [0.4, 0.5) is 0 Å².